The molecule has 2 nitrogen and oxygen atoms in total. The summed E-state index contributed by atoms with van der Waals surface area (Å²) in [6.45, 7) is 2.49. The first kappa shape index (κ1) is 15.5. The van der Waals surface area contributed by atoms with Crippen LogP contribution in [0.25, 0.3) is 10.1 Å². The highest BCUT2D eigenvalue weighted by atomic mass is 127. The number of halogens is 1. The van der Waals surface area contributed by atoms with E-state index in [-0.39, 0.29) is 11.9 Å². The fourth-order valence-corrected chi connectivity index (χ4v) is 3.78. The lowest BCUT2D eigenvalue weighted by Gasteiger charge is -2.12. The van der Waals surface area contributed by atoms with E-state index in [9.17, 15) is 4.79 Å². The number of rotatable bonds is 4. The maximum Gasteiger partial charge on any atom is 0.338 e. The topological polar surface area (TPSA) is 26.3 Å². The third-order valence-corrected chi connectivity index (χ3v) is 5.29. The molecule has 1 heterocycles. The number of ether oxygens (including phenoxy) is 1. The van der Waals surface area contributed by atoms with E-state index in [4.69, 9.17) is 4.74 Å². The molecule has 4 heteroatoms. The minimum absolute atomic E-state index is 0.184. The Morgan fingerprint density at radius 1 is 1.18 bits per heavy atom. The lowest BCUT2D eigenvalue weighted by atomic mass is 10.0. The Balaban J connectivity index is 1.68. The van der Waals surface area contributed by atoms with E-state index in [1.807, 2.05) is 24.3 Å². The normalized spacial score (nSPS) is 12.3. The first-order chi connectivity index (χ1) is 10.6. The van der Waals surface area contributed by atoms with Gasteiger partial charge in [-0.05, 0) is 69.3 Å². The number of hydrogen-bond donors (Lipinski definition) is 0. The molecule has 0 aliphatic carbocycles. The number of thiophene rings is 1. The summed E-state index contributed by atoms with van der Waals surface area (Å²) in [5.74, 6) is -0.0771. The van der Waals surface area contributed by atoms with Crippen molar-refractivity contribution >= 4 is 50.0 Å². The van der Waals surface area contributed by atoms with Gasteiger partial charge >= 0.3 is 5.97 Å². The van der Waals surface area contributed by atoms with Gasteiger partial charge in [0.05, 0.1) is 12.2 Å². The van der Waals surface area contributed by atoms with Gasteiger partial charge in [-0.2, -0.15) is 0 Å². The molecule has 3 rings (SSSR count). The van der Waals surface area contributed by atoms with Crippen LogP contribution in [0.3, 0.4) is 0 Å². The van der Waals surface area contributed by atoms with Crippen LogP contribution in [-0.4, -0.2) is 12.6 Å². The number of carbonyl (C=O) groups is 1. The second kappa shape index (κ2) is 6.79. The minimum atomic E-state index is -0.261. The van der Waals surface area contributed by atoms with Crippen LogP contribution >= 0.6 is 33.9 Å². The average Bonchev–Trinajstić information content (AvgIpc) is 2.97. The summed E-state index contributed by atoms with van der Waals surface area (Å²) >= 11 is 3.95. The second-order valence-corrected chi connectivity index (χ2v) is 7.35. The lowest BCUT2D eigenvalue weighted by molar-refractivity contribution is 0.0486. The van der Waals surface area contributed by atoms with Crippen molar-refractivity contribution in [3.8, 4) is 0 Å². The lowest BCUT2D eigenvalue weighted by Crippen LogP contribution is -2.11. The number of esters is 1. The van der Waals surface area contributed by atoms with Gasteiger partial charge in [-0.15, -0.1) is 11.3 Å². The molecule has 1 atom stereocenters. The predicted octanol–water partition coefficient (Wildman–Crippen LogP) is 5.47. The molecule has 0 fully saturated rings. The third-order valence-electron chi connectivity index (χ3n) is 3.59. The van der Waals surface area contributed by atoms with E-state index in [0.29, 0.717) is 12.2 Å². The quantitative estimate of drug-likeness (QED) is 0.412. The van der Waals surface area contributed by atoms with Crippen molar-refractivity contribution in [3.63, 3.8) is 0 Å². The van der Waals surface area contributed by atoms with Crippen LogP contribution in [-0.2, 0) is 4.74 Å². The van der Waals surface area contributed by atoms with Crippen molar-refractivity contribution in [2.45, 2.75) is 12.8 Å². The Morgan fingerprint density at radius 3 is 2.68 bits per heavy atom. The molecular weight excluding hydrogens is 407 g/mol. The van der Waals surface area contributed by atoms with E-state index in [0.717, 1.165) is 3.57 Å². The van der Waals surface area contributed by atoms with Crippen molar-refractivity contribution in [2.24, 2.45) is 0 Å². The van der Waals surface area contributed by atoms with Crippen molar-refractivity contribution in [1.29, 1.82) is 0 Å². The molecular formula is C18H15IO2S. The molecule has 0 aliphatic heterocycles. The van der Waals surface area contributed by atoms with E-state index in [1.165, 1.54) is 15.6 Å². The van der Waals surface area contributed by atoms with Gasteiger partial charge in [-0.3, -0.25) is 0 Å². The Kier molecular flexibility index (Phi) is 4.78. The average molecular weight is 422 g/mol. The van der Waals surface area contributed by atoms with Crippen LogP contribution in [0.1, 0.15) is 28.8 Å². The number of benzene rings is 2. The Hall–Kier alpha value is -1.40. The Labute approximate surface area is 147 Å². The maximum absolute atomic E-state index is 12.1. The summed E-state index contributed by atoms with van der Waals surface area (Å²) in [6, 6.07) is 15.8. The molecule has 0 N–H and O–H groups in total. The van der Waals surface area contributed by atoms with Gasteiger partial charge in [0.15, 0.2) is 0 Å². The smallest absolute Gasteiger partial charge is 0.338 e. The standard InChI is InChI=1S/C18H15IO2S/c1-12(16-11-22-17-5-3-2-4-15(16)17)10-21-18(20)13-6-8-14(19)9-7-13/h2-9,11-12H,10H2,1H3/t12-/m0/s1. The van der Waals surface area contributed by atoms with Gasteiger partial charge in [0.1, 0.15) is 0 Å². The first-order valence-electron chi connectivity index (χ1n) is 7.04. The fourth-order valence-electron chi connectivity index (χ4n) is 2.34. The van der Waals surface area contributed by atoms with Crippen molar-refractivity contribution in [1.82, 2.24) is 0 Å². The second-order valence-electron chi connectivity index (χ2n) is 5.19. The summed E-state index contributed by atoms with van der Waals surface area (Å²) in [6.07, 6.45) is 0. The molecule has 0 unspecified atom stereocenters. The molecule has 0 aliphatic rings. The van der Waals surface area contributed by atoms with Crippen molar-refractivity contribution < 1.29 is 9.53 Å². The molecule has 1 aromatic heterocycles. The van der Waals surface area contributed by atoms with Gasteiger partial charge in [-0.25, -0.2) is 4.79 Å². The van der Waals surface area contributed by atoms with E-state index >= 15 is 0 Å². The van der Waals surface area contributed by atoms with Crippen molar-refractivity contribution in [3.05, 3.63) is 68.6 Å². The molecule has 0 radical (unpaired) electrons. The summed E-state index contributed by atoms with van der Waals surface area (Å²) in [4.78, 5) is 12.1. The molecule has 0 bridgehead atoms. The van der Waals surface area contributed by atoms with Crippen LogP contribution in [0.2, 0.25) is 0 Å². The Bertz CT molecular complexity index is 792. The van der Waals surface area contributed by atoms with E-state index in [1.54, 1.807) is 23.5 Å². The van der Waals surface area contributed by atoms with Crippen LogP contribution in [0.5, 0.6) is 0 Å². The highest BCUT2D eigenvalue weighted by Gasteiger charge is 2.14. The van der Waals surface area contributed by atoms with E-state index in [2.05, 4.69) is 47.0 Å². The summed E-state index contributed by atoms with van der Waals surface area (Å²) in [7, 11) is 0. The SMILES string of the molecule is C[C@@H](COC(=O)c1ccc(I)cc1)c1csc2ccccc12. The predicted molar refractivity (Wildman–Crippen MR) is 99.7 cm³/mol. The molecule has 2 aromatic carbocycles. The molecule has 0 spiro atoms. The monoisotopic (exact) mass is 422 g/mol. The highest BCUT2D eigenvalue weighted by Crippen LogP contribution is 2.31. The zero-order valence-corrected chi connectivity index (χ0v) is 15.1. The van der Waals surface area contributed by atoms with Crippen molar-refractivity contribution in [2.75, 3.05) is 6.61 Å². The molecule has 0 saturated heterocycles. The number of fused-ring (bicyclic) bond motifs is 1. The van der Waals surface area contributed by atoms with Gasteiger partial charge in [0, 0.05) is 14.2 Å². The van der Waals surface area contributed by atoms with Crippen LogP contribution in [0.4, 0.5) is 0 Å². The van der Waals surface area contributed by atoms with Gasteiger partial charge in [0.2, 0.25) is 0 Å². The first-order valence-corrected chi connectivity index (χ1v) is 9.00. The zero-order chi connectivity index (χ0) is 15.5. The highest BCUT2D eigenvalue weighted by molar-refractivity contribution is 14.1. The minimum Gasteiger partial charge on any atom is -0.461 e. The Morgan fingerprint density at radius 2 is 1.91 bits per heavy atom. The van der Waals surface area contributed by atoms with Crippen LogP contribution in [0.15, 0.2) is 53.9 Å². The molecule has 112 valence electrons. The van der Waals surface area contributed by atoms with Gasteiger partial charge in [-0.1, -0.05) is 25.1 Å². The number of carbonyl (C=O) groups excluding carboxylic acids is 1. The van der Waals surface area contributed by atoms with E-state index < -0.39 is 0 Å². The fraction of sp³-hybridized carbons (Fsp3) is 0.167. The largest absolute Gasteiger partial charge is 0.461 e. The van der Waals surface area contributed by atoms with Gasteiger partial charge in [0.25, 0.3) is 0 Å². The summed E-state index contributed by atoms with van der Waals surface area (Å²) in [5, 5.41) is 3.42. The van der Waals surface area contributed by atoms with Crippen LogP contribution in [0, 0.1) is 3.57 Å². The zero-order valence-electron chi connectivity index (χ0n) is 12.1. The number of hydrogen-bond acceptors (Lipinski definition) is 3. The molecule has 3 aromatic rings. The summed E-state index contributed by atoms with van der Waals surface area (Å²) in [5.41, 5.74) is 1.85. The molecule has 0 saturated carbocycles. The van der Waals surface area contributed by atoms with Crippen LogP contribution < -0.4 is 0 Å². The molecule has 22 heavy (non-hydrogen) atoms. The maximum atomic E-state index is 12.1. The third kappa shape index (κ3) is 3.33. The molecule has 0 amide bonds. The summed E-state index contributed by atoms with van der Waals surface area (Å²) < 4.78 is 7.84. The van der Waals surface area contributed by atoms with Gasteiger partial charge < -0.3 is 4.74 Å².